The lowest BCUT2D eigenvalue weighted by atomic mass is 9.82. The second-order valence-electron chi connectivity index (χ2n) is 31.2. The number of nitrogens with one attached hydrogen (secondary N) is 4. The number of nitrogens with two attached hydrogens (primary N) is 4. The van der Waals surface area contributed by atoms with Crippen molar-refractivity contribution in [1.82, 2.24) is 40.2 Å². The number of carboxylic acids is 6. The van der Waals surface area contributed by atoms with Gasteiger partial charge in [0.25, 0.3) is 0 Å². The summed E-state index contributed by atoms with van der Waals surface area (Å²) in [6, 6.07) is 22.3. The largest absolute Gasteiger partial charge is 0.490 e. The van der Waals surface area contributed by atoms with Crippen LogP contribution in [0.25, 0.3) is 22.3 Å². The average molecular weight is 1890 g/mol. The van der Waals surface area contributed by atoms with Crippen LogP contribution >= 0.6 is 23.5 Å². The highest BCUT2D eigenvalue weighted by atomic mass is 32.2. The Hall–Kier alpha value is -11.8. The summed E-state index contributed by atoms with van der Waals surface area (Å²) in [6.45, 7) is 9.59. The van der Waals surface area contributed by atoms with Crippen molar-refractivity contribution in [1.29, 1.82) is 0 Å². The van der Waals surface area contributed by atoms with Gasteiger partial charge in [0.1, 0.15) is 59.1 Å². The summed E-state index contributed by atoms with van der Waals surface area (Å²) >= 11 is 1.41. The fraction of sp³-hybridized carbons (Fsp3) is 0.452. The van der Waals surface area contributed by atoms with Gasteiger partial charge in [0.2, 0.25) is 35.4 Å². The molecule has 4 aromatic carbocycles. The molecule has 2 aromatic heterocycles. The summed E-state index contributed by atoms with van der Waals surface area (Å²) in [5.41, 5.74) is 25.7. The minimum atomic E-state index is -5.08. The second-order valence-corrected chi connectivity index (χ2v) is 33.7. The van der Waals surface area contributed by atoms with E-state index < -0.39 is 191 Å². The molecule has 6 rings (SSSR count). The zero-order valence-electron chi connectivity index (χ0n) is 71.3. The van der Waals surface area contributed by atoms with Crippen molar-refractivity contribution in [2.75, 3.05) is 64.0 Å². The van der Waals surface area contributed by atoms with Gasteiger partial charge in [0, 0.05) is 122 Å². The van der Waals surface area contributed by atoms with E-state index in [-0.39, 0.29) is 112 Å². The minimum absolute atomic E-state index is 0.0161. The molecule has 0 radical (unpaired) electrons. The van der Waals surface area contributed by atoms with Gasteiger partial charge in [0.05, 0.1) is 37.3 Å². The molecule has 2 heterocycles. The molecule has 716 valence electrons. The Morgan fingerprint density at radius 2 is 0.754 bits per heavy atom. The van der Waals surface area contributed by atoms with Gasteiger partial charge in [-0.05, 0) is 96.2 Å². The molecule has 0 saturated carbocycles. The SMILES string of the molecule is CC(C)(C)[C@H](c1cc(-c2cc(F)ccc2F)cn1Cc1ccccc1)N(CC[C@H](N)C(=O)NCCCC(=O)CNC(=O)C[C@@H](SC[C@H](N)C(=O)O)C(=O)O)C(=O)CO.CC(C)(C)[C@H](c1cc(-c2cc(F)ccc2F)cn1Cc1ccccc1)N(CC[C@H](N)C(=O)NCCCC(=O)CNC(=O)C[C@H](SC[C@H](N)C(=O)O)C(=O)O)C(=O)CO.O=C(O)C(F)(F)F.O=C(O)C(F)(F)F. The average Bonchev–Trinajstić information content (AvgIpc) is 1.61. The minimum Gasteiger partial charge on any atom is -0.480 e. The van der Waals surface area contributed by atoms with Crippen molar-refractivity contribution in [3.63, 3.8) is 0 Å². The number of amides is 6. The molecule has 20 N–H and O–H groups in total. The Balaban J connectivity index is 0.000000582. The van der Waals surface area contributed by atoms with E-state index in [1.165, 1.54) is 9.80 Å². The van der Waals surface area contributed by atoms with Gasteiger partial charge in [-0.25, -0.2) is 27.2 Å². The summed E-state index contributed by atoms with van der Waals surface area (Å²) in [5, 5.41) is 78.3. The fourth-order valence-corrected chi connectivity index (χ4v) is 14.3. The molecule has 130 heavy (non-hydrogen) atoms. The number of carboxylic acid groups (broad SMARTS) is 6. The smallest absolute Gasteiger partial charge is 0.480 e. The van der Waals surface area contributed by atoms with Crippen molar-refractivity contribution in [2.24, 2.45) is 33.8 Å². The van der Waals surface area contributed by atoms with E-state index in [0.717, 1.165) is 47.5 Å². The van der Waals surface area contributed by atoms with E-state index in [0.29, 0.717) is 59.1 Å². The van der Waals surface area contributed by atoms with E-state index in [1.54, 1.807) is 24.5 Å². The Bertz CT molecular complexity index is 4530. The third-order valence-electron chi connectivity index (χ3n) is 18.7. The van der Waals surface area contributed by atoms with Crippen LogP contribution in [0.15, 0.2) is 122 Å². The fourth-order valence-electron chi connectivity index (χ4n) is 12.3. The van der Waals surface area contributed by atoms with Crippen LogP contribution in [0.3, 0.4) is 0 Å². The van der Waals surface area contributed by atoms with E-state index in [2.05, 4.69) is 21.3 Å². The van der Waals surface area contributed by atoms with Gasteiger partial charge >= 0.3 is 48.2 Å². The number of aliphatic hydroxyl groups excluding tert-OH is 2. The van der Waals surface area contributed by atoms with E-state index >= 15 is 8.78 Å². The van der Waals surface area contributed by atoms with Crippen LogP contribution < -0.4 is 44.2 Å². The van der Waals surface area contributed by atoms with Gasteiger partial charge in [-0.15, -0.1) is 23.5 Å². The zero-order chi connectivity index (χ0) is 98.5. The standard InChI is InChI=1S/2C40H52F2N6O9S.2C2HF3O2/c2*1-40(2,3)36(32-16-25(28-17-26(41)11-12-29(28)42)21-47(32)20-24-8-5-4-6-9-24)48(35(52)22-49)15-13-30(43)37(53)45-14-7-10-27(50)19-46-34(51)18-33(39(56)57)58-23-31(44)38(54)55;2*3-2(4,5)1(6)7/h2*4-6,8-9,11-12,16-17,21,30-31,33,36,49H,7,10,13-15,18-20,22-23,43-44H2,1-3H3,(H,45,53)(H,46,51)(H,54,55)(H,56,57);2*(H,6,7)/t30-,31-,33+,36-;30-,31-,33-,36-;;/m00../s1. The Kier molecular flexibility index (Phi) is 46.1. The van der Waals surface area contributed by atoms with Crippen LogP contribution in [0.1, 0.15) is 128 Å². The maximum absolute atomic E-state index is 15.0. The lowest BCUT2D eigenvalue weighted by Crippen LogP contribution is -2.47. The molecule has 0 aliphatic rings. The highest BCUT2D eigenvalue weighted by Crippen LogP contribution is 2.44. The predicted molar refractivity (Wildman–Crippen MR) is 454 cm³/mol. The number of thioether (sulfide) groups is 2. The van der Waals surface area contributed by atoms with Crippen molar-refractivity contribution in [2.45, 2.75) is 165 Å². The van der Waals surface area contributed by atoms with Gasteiger partial charge < -0.3 is 104 Å². The first-order valence-electron chi connectivity index (χ1n) is 39.6. The van der Waals surface area contributed by atoms with Crippen LogP contribution in [0.2, 0.25) is 0 Å². The Morgan fingerprint density at radius 3 is 1.03 bits per heavy atom. The van der Waals surface area contributed by atoms with Crippen molar-refractivity contribution in [3.05, 3.63) is 167 Å². The number of carbonyl (C=O) groups is 14. The molecule has 0 bridgehead atoms. The lowest BCUT2D eigenvalue weighted by Gasteiger charge is -2.41. The molecule has 8 atom stereocenters. The first kappa shape index (κ1) is 112. The maximum atomic E-state index is 15.0. The lowest BCUT2D eigenvalue weighted by molar-refractivity contribution is -0.193. The number of Topliss-reactive ketones (excluding diaryl/α,β-unsaturated/α-hetero) is 2. The normalized spacial score (nSPS) is 13.3. The number of halogens is 10. The Labute approximate surface area is 747 Å². The second kappa shape index (κ2) is 53.4. The van der Waals surface area contributed by atoms with E-state index in [4.69, 9.17) is 52.9 Å². The molecule has 0 spiro atoms. The van der Waals surface area contributed by atoms with Gasteiger partial charge in [-0.1, -0.05) is 102 Å². The van der Waals surface area contributed by atoms with E-state index in [1.807, 2.05) is 111 Å². The van der Waals surface area contributed by atoms with Crippen LogP contribution in [-0.2, 0) is 80.2 Å². The summed E-state index contributed by atoms with van der Waals surface area (Å²) in [7, 11) is 0. The van der Waals surface area contributed by atoms with E-state index in [9.17, 15) is 113 Å². The van der Waals surface area contributed by atoms with Crippen molar-refractivity contribution in [3.8, 4) is 22.3 Å². The van der Waals surface area contributed by atoms with Crippen LogP contribution in [0, 0.1) is 34.1 Å². The van der Waals surface area contributed by atoms with Crippen LogP contribution in [-0.4, -0.2) is 254 Å². The number of carbonyl (C=O) groups excluding carboxylic acids is 8. The number of aromatic nitrogens is 2. The predicted octanol–water partition coefficient (Wildman–Crippen LogP) is 6.62. The quantitative estimate of drug-likeness (QED) is 0.0141. The Morgan fingerprint density at radius 1 is 0.438 bits per heavy atom. The number of nitrogens with zero attached hydrogens (tertiary/aromatic N) is 4. The van der Waals surface area contributed by atoms with Gasteiger partial charge in [-0.2, -0.15) is 26.3 Å². The highest BCUT2D eigenvalue weighted by molar-refractivity contribution is 8.00. The number of benzene rings is 4. The molecule has 0 aliphatic heterocycles. The number of alkyl halides is 6. The molecule has 6 aromatic rings. The molecular formula is C84H106F10N12O22S2. The number of aliphatic hydroxyl groups is 2. The van der Waals surface area contributed by atoms with Crippen LogP contribution in [0.4, 0.5) is 43.9 Å². The van der Waals surface area contributed by atoms with Gasteiger partial charge in [0.15, 0.2) is 11.6 Å². The number of rotatable bonds is 46. The molecule has 46 heteroatoms. The molecule has 0 unspecified atom stereocenters. The third kappa shape index (κ3) is 39.2. The first-order chi connectivity index (χ1) is 60.5. The number of aliphatic carboxylic acids is 6. The summed E-state index contributed by atoms with van der Waals surface area (Å²) in [5.74, 6) is -18.3. The maximum Gasteiger partial charge on any atom is 0.490 e. The highest BCUT2D eigenvalue weighted by Gasteiger charge is 2.42. The molecule has 0 saturated heterocycles. The van der Waals surface area contributed by atoms with Crippen LogP contribution in [0.5, 0.6) is 0 Å². The summed E-state index contributed by atoms with van der Waals surface area (Å²) < 4.78 is 126. The molecule has 6 amide bonds. The number of hydrogen-bond donors (Lipinski definition) is 16. The third-order valence-corrected chi connectivity index (χ3v) is 21.3. The number of hydrogen-bond acceptors (Lipinski definition) is 22. The van der Waals surface area contributed by atoms with Crippen molar-refractivity contribution >= 4 is 106 Å². The molecule has 34 nitrogen and oxygen atoms in total. The van der Waals surface area contributed by atoms with Gasteiger partial charge in [-0.3, -0.25) is 57.5 Å². The molecule has 0 fully saturated rings. The number of ketones is 2. The molecular weight excluding hydrogens is 1780 g/mol. The molecule has 0 aliphatic carbocycles. The summed E-state index contributed by atoms with van der Waals surface area (Å²) in [6.07, 6.45) is -7.48. The zero-order valence-corrected chi connectivity index (χ0v) is 72.9. The first-order valence-corrected chi connectivity index (χ1v) is 41.7. The summed E-state index contributed by atoms with van der Waals surface area (Å²) in [4.78, 5) is 167. The monoisotopic (exact) mass is 1890 g/mol. The topological polar surface area (TPSA) is 569 Å². The van der Waals surface area contributed by atoms with Crippen molar-refractivity contribution < 1.29 is 152 Å².